The third-order valence-electron chi connectivity index (χ3n) is 2.77. The Morgan fingerprint density at radius 3 is 3.06 bits per heavy atom. The van der Waals surface area contributed by atoms with Gasteiger partial charge in [-0.15, -0.1) is 5.10 Å². The number of nitrogens with zero attached hydrogens (tertiary/aromatic N) is 4. The van der Waals surface area contributed by atoms with Gasteiger partial charge in [0.15, 0.2) is 5.82 Å². The highest BCUT2D eigenvalue weighted by Gasteiger charge is 2.28. The molecule has 1 aliphatic carbocycles. The fraction of sp³-hybridized carbons (Fsp3) is 0.500. The molecule has 0 N–H and O–H groups in total. The van der Waals surface area contributed by atoms with Gasteiger partial charge in [-0.1, -0.05) is 0 Å². The van der Waals surface area contributed by atoms with Gasteiger partial charge >= 0.3 is 0 Å². The minimum Gasteiger partial charge on any atom is -0.468 e. The number of hydrogen-bond acceptors (Lipinski definition) is 5. The summed E-state index contributed by atoms with van der Waals surface area (Å²) in [6.07, 6.45) is 3.76. The van der Waals surface area contributed by atoms with Crippen molar-refractivity contribution in [3.8, 4) is 0 Å². The van der Waals surface area contributed by atoms with Crippen molar-refractivity contribution in [1.29, 1.82) is 0 Å². The first-order chi connectivity index (χ1) is 8.25. The van der Waals surface area contributed by atoms with Crippen LogP contribution in [-0.4, -0.2) is 24.4 Å². The summed E-state index contributed by atoms with van der Waals surface area (Å²) >= 11 is 0. The maximum Gasteiger partial charge on any atom is 0.164 e. The van der Waals surface area contributed by atoms with Crippen molar-refractivity contribution in [2.24, 2.45) is 0 Å². The van der Waals surface area contributed by atoms with Crippen molar-refractivity contribution in [2.45, 2.75) is 36.5 Å². The molecule has 1 unspecified atom stereocenters. The van der Waals surface area contributed by atoms with Gasteiger partial charge in [-0.05, 0) is 36.3 Å². The summed E-state index contributed by atoms with van der Waals surface area (Å²) < 4.78 is 19.1. The van der Waals surface area contributed by atoms with E-state index in [-0.39, 0.29) is 0 Å². The molecule has 0 aromatic carbocycles. The van der Waals surface area contributed by atoms with Crippen LogP contribution in [0.4, 0.5) is 0 Å². The number of aromatic nitrogens is 4. The highest BCUT2D eigenvalue weighted by Crippen LogP contribution is 2.34. The molecule has 17 heavy (non-hydrogen) atoms. The van der Waals surface area contributed by atoms with E-state index in [1.165, 1.54) is 0 Å². The number of rotatable bonds is 4. The van der Waals surface area contributed by atoms with Crippen molar-refractivity contribution in [3.05, 3.63) is 23.9 Å². The van der Waals surface area contributed by atoms with Crippen molar-refractivity contribution in [3.63, 3.8) is 0 Å². The van der Waals surface area contributed by atoms with E-state index in [0.717, 1.165) is 17.7 Å². The predicted molar refractivity (Wildman–Crippen MR) is 59.6 cm³/mol. The minimum absolute atomic E-state index is 0.337. The molecular weight excluding hydrogens is 240 g/mol. The van der Waals surface area contributed by atoms with Gasteiger partial charge in [0, 0.05) is 0 Å². The Hall–Kier alpha value is -1.50. The van der Waals surface area contributed by atoms with Crippen LogP contribution in [0, 0.1) is 6.92 Å². The lowest BCUT2D eigenvalue weighted by molar-refractivity contribution is 0.525. The van der Waals surface area contributed by atoms with Crippen LogP contribution in [0.2, 0.25) is 0 Å². The fourth-order valence-electron chi connectivity index (χ4n) is 1.71. The average molecular weight is 252 g/mol. The zero-order valence-corrected chi connectivity index (χ0v) is 10.2. The lowest BCUT2D eigenvalue weighted by atomic mass is 10.5. The van der Waals surface area contributed by atoms with E-state index < -0.39 is 10.8 Å². The molecule has 2 heterocycles. The smallest absolute Gasteiger partial charge is 0.164 e. The number of tetrazole rings is 1. The third kappa shape index (κ3) is 2.02. The minimum atomic E-state index is -1.15. The van der Waals surface area contributed by atoms with Crippen LogP contribution in [-0.2, 0) is 16.6 Å². The van der Waals surface area contributed by atoms with Gasteiger partial charge in [0.05, 0.1) is 33.8 Å². The number of furan rings is 1. The highest BCUT2D eigenvalue weighted by molar-refractivity contribution is 7.84. The Morgan fingerprint density at radius 2 is 2.41 bits per heavy atom. The second-order valence-electron chi connectivity index (χ2n) is 4.10. The summed E-state index contributed by atoms with van der Waals surface area (Å²) in [4.78, 5) is 0.718. The average Bonchev–Trinajstić information content (AvgIpc) is 2.89. The standard InChI is InChI=1S/C10H12N4O2S/c1-7-9(4-5-16-7)17(15)6-10-11-12-13-14(10)8-2-3-8/h4-5,8H,2-3,6H2,1H3. The lowest BCUT2D eigenvalue weighted by Gasteiger charge is -2.02. The van der Waals surface area contributed by atoms with Gasteiger partial charge in [0.2, 0.25) is 0 Å². The molecule has 90 valence electrons. The van der Waals surface area contributed by atoms with Crippen LogP contribution in [0.3, 0.4) is 0 Å². The molecule has 2 aromatic rings. The van der Waals surface area contributed by atoms with Crippen LogP contribution < -0.4 is 0 Å². The van der Waals surface area contributed by atoms with E-state index >= 15 is 0 Å². The molecule has 0 amide bonds. The Balaban J connectivity index is 1.80. The molecule has 3 rings (SSSR count). The molecule has 1 saturated carbocycles. The first-order valence-corrected chi connectivity index (χ1v) is 6.77. The Kier molecular flexibility index (Phi) is 2.54. The molecule has 0 saturated heterocycles. The molecule has 1 aliphatic rings. The summed E-state index contributed by atoms with van der Waals surface area (Å²) in [7, 11) is -1.15. The number of aryl methyl sites for hydroxylation is 1. The molecule has 0 aliphatic heterocycles. The summed E-state index contributed by atoms with van der Waals surface area (Å²) in [5, 5.41) is 11.5. The monoisotopic (exact) mass is 252 g/mol. The second kappa shape index (κ2) is 4.06. The maximum atomic E-state index is 12.1. The SMILES string of the molecule is Cc1occc1S(=O)Cc1nnnn1C1CC1. The lowest BCUT2D eigenvalue weighted by Crippen LogP contribution is -2.07. The first-order valence-electron chi connectivity index (χ1n) is 5.45. The Morgan fingerprint density at radius 1 is 1.59 bits per heavy atom. The van der Waals surface area contributed by atoms with Gasteiger partial charge in [-0.2, -0.15) is 0 Å². The van der Waals surface area contributed by atoms with Crippen molar-refractivity contribution in [2.75, 3.05) is 0 Å². The predicted octanol–water partition coefficient (Wildman–Crippen LogP) is 1.22. The molecule has 6 nitrogen and oxygen atoms in total. The normalized spacial score (nSPS) is 17.2. The first kappa shape index (κ1) is 10.6. The van der Waals surface area contributed by atoms with Crippen molar-refractivity contribution in [1.82, 2.24) is 20.2 Å². The summed E-state index contributed by atoms with van der Waals surface area (Å²) in [5.41, 5.74) is 0. The zero-order valence-electron chi connectivity index (χ0n) is 9.37. The number of hydrogen-bond donors (Lipinski definition) is 0. The van der Waals surface area contributed by atoms with Gasteiger partial charge in [-0.3, -0.25) is 4.21 Å². The Labute approximate surface area is 100 Å². The molecule has 0 spiro atoms. The molecular formula is C10H12N4O2S. The largest absolute Gasteiger partial charge is 0.468 e. The molecule has 0 radical (unpaired) electrons. The molecule has 0 bridgehead atoms. The van der Waals surface area contributed by atoms with Crippen LogP contribution in [0.5, 0.6) is 0 Å². The van der Waals surface area contributed by atoms with E-state index in [0.29, 0.717) is 23.4 Å². The van der Waals surface area contributed by atoms with Gasteiger partial charge in [0.1, 0.15) is 5.76 Å². The summed E-state index contributed by atoms with van der Waals surface area (Å²) in [6.45, 7) is 1.80. The van der Waals surface area contributed by atoms with Crippen LogP contribution in [0.15, 0.2) is 21.6 Å². The summed E-state index contributed by atoms with van der Waals surface area (Å²) in [5.74, 6) is 1.71. The fourth-order valence-corrected chi connectivity index (χ4v) is 2.87. The van der Waals surface area contributed by atoms with Crippen LogP contribution in [0.25, 0.3) is 0 Å². The van der Waals surface area contributed by atoms with Gasteiger partial charge in [-0.25, -0.2) is 4.68 Å². The second-order valence-corrected chi connectivity index (χ2v) is 5.52. The zero-order chi connectivity index (χ0) is 11.8. The Bertz CT molecular complexity index is 558. The van der Waals surface area contributed by atoms with E-state index in [9.17, 15) is 4.21 Å². The maximum absolute atomic E-state index is 12.1. The highest BCUT2D eigenvalue weighted by atomic mass is 32.2. The van der Waals surface area contributed by atoms with E-state index in [1.54, 1.807) is 23.9 Å². The van der Waals surface area contributed by atoms with Crippen molar-refractivity contribution < 1.29 is 8.63 Å². The van der Waals surface area contributed by atoms with E-state index in [1.807, 2.05) is 0 Å². The third-order valence-corrected chi connectivity index (χ3v) is 4.20. The topological polar surface area (TPSA) is 73.8 Å². The van der Waals surface area contributed by atoms with Crippen molar-refractivity contribution >= 4 is 10.8 Å². The van der Waals surface area contributed by atoms with Crippen LogP contribution >= 0.6 is 0 Å². The van der Waals surface area contributed by atoms with E-state index in [2.05, 4.69) is 15.5 Å². The summed E-state index contributed by atoms with van der Waals surface area (Å²) in [6, 6.07) is 2.14. The van der Waals surface area contributed by atoms with Gasteiger partial charge in [0.25, 0.3) is 0 Å². The van der Waals surface area contributed by atoms with Crippen LogP contribution in [0.1, 0.15) is 30.5 Å². The quantitative estimate of drug-likeness (QED) is 0.817. The molecule has 1 atom stereocenters. The molecule has 7 heteroatoms. The van der Waals surface area contributed by atoms with E-state index in [4.69, 9.17) is 4.42 Å². The van der Waals surface area contributed by atoms with Gasteiger partial charge < -0.3 is 4.42 Å². The molecule has 1 fully saturated rings. The molecule has 2 aromatic heterocycles.